The van der Waals surface area contributed by atoms with Crippen molar-refractivity contribution in [2.45, 2.75) is 49.6 Å². The number of rotatable bonds is 7. The quantitative estimate of drug-likeness (QED) is 0.392. The summed E-state index contributed by atoms with van der Waals surface area (Å²) in [5, 5.41) is 31.1. The molecule has 0 bridgehead atoms. The van der Waals surface area contributed by atoms with Crippen LogP contribution < -0.4 is 4.74 Å². The maximum atomic E-state index is 12.6. The third kappa shape index (κ3) is 5.62. The number of hydrogen-bond acceptors (Lipinski definition) is 10. The van der Waals surface area contributed by atoms with Crippen molar-refractivity contribution in [3.63, 3.8) is 0 Å². The summed E-state index contributed by atoms with van der Waals surface area (Å²) in [6.07, 6.45) is 2.28. The molecule has 3 aromatic rings. The van der Waals surface area contributed by atoms with Gasteiger partial charge in [0.05, 0.1) is 11.9 Å². The Morgan fingerprint density at radius 2 is 2.06 bits per heavy atom. The van der Waals surface area contributed by atoms with Crippen molar-refractivity contribution in [3.8, 4) is 17.4 Å². The number of nitrogens with zero attached hydrogens (tertiary/aromatic N) is 7. The molecule has 3 N–H and O–H groups in total. The fourth-order valence-electron chi connectivity index (χ4n) is 3.60. The van der Waals surface area contributed by atoms with E-state index in [9.17, 15) is 14.7 Å². The lowest BCUT2D eigenvalue weighted by atomic mass is 10.1. The summed E-state index contributed by atoms with van der Waals surface area (Å²) >= 11 is 6.70. The third-order valence-corrected chi connectivity index (χ3v) is 6.98. The van der Waals surface area contributed by atoms with Crippen molar-refractivity contribution in [1.29, 1.82) is 0 Å². The first-order valence-corrected chi connectivity index (χ1v) is 12.1. The van der Waals surface area contributed by atoms with E-state index in [2.05, 4.69) is 25.5 Å². The molecule has 0 aromatic carbocycles. The van der Waals surface area contributed by atoms with Crippen molar-refractivity contribution in [2.24, 2.45) is 0 Å². The molecule has 1 amide bonds. The van der Waals surface area contributed by atoms with Crippen molar-refractivity contribution in [1.82, 2.24) is 39.6 Å². The largest absolute Gasteiger partial charge is 0.493 e. The van der Waals surface area contributed by atoms with Gasteiger partial charge in [0.25, 0.3) is 0 Å². The summed E-state index contributed by atoms with van der Waals surface area (Å²) < 4.78 is 8.45. The van der Waals surface area contributed by atoms with E-state index in [4.69, 9.17) is 22.1 Å². The Morgan fingerprint density at radius 1 is 1.31 bits per heavy atom. The number of likely N-dealkylation sites (tertiary alicyclic amines) is 1. The van der Waals surface area contributed by atoms with E-state index in [-0.39, 0.29) is 29.3 Å². The van der Waals surface area contributed by atoms with E-state index < -0.39 is 12.1 Å². The zero-order valence-corrected chi connectivity index (χ0v) is 20.6. The second-order valence-electron chi connectivity index (χ2n) is 8.19. The predicted octanol–water partition coefficient (Wildman–Crippen LogP) is 2.59. The summed E-state index contributed by atoms with van der Waals surface area (Å²) in [4.78, 5) is 32.4. The lowest BCUT2D eigenvalue weighted by Crippen LogP contribution is -2.41. The molecule has 35 heavy (non-hydrogen) atoms. The predicted molar refractivity (Wildman–Crippen MR) is 126 cm³/mol. The molecule has 0 spiro atoms. The van der Waals surface area contributed by atoms with Crippen LogP contribution in [0.1, 0.15) is 38.3 Å². The van der Waals surface area contributed by atoms with Gasteiger partial charge in [0.1, 0.15) is 12.4 Å². The lowest BCUT2D eigenvalue weighted by molar-refractivity contribution is -0.138. The van der Waals surface area contributed by atoms with E-state index in [1.165, 1.54) is 27.2 Å². The Labute approximate surface area is 209 Å². The van der Waals surface area contributed by atoms with Crippen LogP contribution in [-0.2, 0) is 11.3 Å². The first kappa shape index (κ1) is 24.7. The third-order valence-electron chi connectivity index (χ3n) is 5.39. The molecule has 1 aliphatic heterocycles. The molecule has 0 aliphatic carbocycles. The molecule has 1 fully saturated rings. The number of aliphatic carboxylic acids is 1. The fourth-order valence-corrected chi connectivity index (χ4v) is 4.94. The topological polar surface area (TPSA) is 164 Å². The van der Waals surface area contributed by atoms with Gasteiger partial charge in [0.15, 0.2) is 10.5 Å². The number of aromatic nitrogens is 7. The molecule has 15 heteroatoms. The summed E-state index contributed by atoms with van der Waals surface area (Å²) in [7, 11) is 0. The minimum atomic E-state index is -1.02. The first-order chi connectivity index (χ1) is 16.7. The van der Waals surface area contributed by atoms with E-state index in [0.717, 1.165) is 0 Å². The van der Waals surface area contributed by atoms with Crippen LogP contribution in [-0.4, -0.2) is 80.3 Å². The highest BCUT2D eigenvalue weighted by Gasteiger charge is 2.26. The van der Waals surface area contributed by atoms with Crippen molar-refractivity contribution >= 4 is 36.0 Å². The molecule has 0 unspecified atom stereocenters. The number of carbonyl (C=O) groups excluding carboxylic acids is 1. The molecule has 0 saturated carbocycles. The fraction of sp³-hybridized carbons (Fsp3) is 0.450. The number of aromatic amines is 1. The number of piperidine rings is 1. The number of H-pyrrole nitrogens is 1. The number of nitrogens with one attached hydrogen (secondary N) is 1. The van der Waals surface area contributed by atoms with Crippen LogP contribution in [0.4, 0.5) is 4.79 Å². The zero-order valence-electron chi connectivity index (χ0n) is 19.0. The SMILES string of the molecule is CC(C)c1[nH]c(=S)n(-c2ccc(OC(=O)N3CCC(Sc4nnnn4CC(=O)O)CC3)cn2)c1O. The highest BCUT2D eigenvalue weighted by molar-refractivity contribution is 7.99. The molecule has 1 aliphatic rings. The average Bonchev–Trinajstić information content (AvgIpc) is 3.37. The van der Waals surface area contributed by atoms with Crippen molar-refractivity contribution < 1.29 is 24.5 Å². The number of amides is 1. The van der Waals surface area contributed by atoms with Crippen LogP contribution in [0.2, 0.25) is 0 Å². The molecule has 3 aromatic heterocycles. The minimum absolute atomic E-state index is 0.0000210. The summed E-state index contributed by atoms with van der Waals surface area (Å²) in [6, 6.07) is 3.20. The monoisotopic (exact) mass is 520 g/mol. The van der Waals surface area contributed by atoms with E-state index in [1.807, 2.05) is 13.8 Å². The molecular weight excluding hydrogens is 496 g/mol. The number of carboxylic acid groups (broad SMARTS) is 1. The number of carbonyl (C=O) groups is 2. The van der Waals surface area contributed by atoms with Gasteiger partial charge < -0.3 is 24.8 Å². The maximum Gasteiger partial charge on any atom is 0.415 e. The normalized spacial score (nSPS) is 14.4. The van der Waals surface area contributed by atoms with Crippen LogP contribution in [0.15, 0.2) is 23.5 Å². The van der Waals surface area contributed by atoms with Crippen LogP contribution >= 0.6 is 24.0 Å². The molecule has 13 nitrogen and oxygen atoms in total. The number of thioether (sulfide) groups is 1. The summed E-state index contributed by atoms with van der Waals surface area (Å²) in [5.74, 6) is -0.291. The lowest BCUT2D eigenvalue weighted by Gasteiger charge is -2.30. The molecule has 4 heterocycles. The minimum Gasteiger partial charge on any atom is -0.493 e. The second-order valence-corrected chi connectivity index (χ2v) is 9.85. The molecule has 0 atom stereocenters. The van der Waals surface area contributed by atoms with Gasteiger partial charge in [-0.15, -0.1) is 5.10 Å². The highest BCUT2D eigenvalue weighted by Crippen LogP contribution is 2.30. The first-order valence-electron chi connectivity index (χ1n) is 10.8. The number of hydrogen-bond donors (Lipinski definition) is 3. The van der Waals surface area contributed by atoms with Gasteiger partial charge in [-0.3, -0.25) is 4.79 Å². The summed E-state index contributed by atoms with van der Waals surface area (Å²) in [6.45, 7) is 4.53. The number of pyridine rings is 1. The maximum absolute atomic E-state index is 12.6. The average molecular weight is 521 g/mol. The van der Waals surface area contributed by atoms with Crippen molar-refractivity contribution in [3.05, 3.63) is 28.8 Å². The van der Waals surface area contributed by atoms with Crippen LogP contribution in [0, 0.1) is 4.77 Å². The van der Waals surface area contributed by atoms with Crippen molar-refractivity contribution in [2.75, 3.05) is 13.1 Å². The molecule has 186 valence electrons. The van der Waals surface area contributed by atoms with Gasteiger partial charge in [0, 0.05) is 18.3 Å². The number of tetrazole rings is 1. The van der Waals surface area contributed by atoms with Crippen LogP contribution in [0.3, 0.4) is 0 Å². The molecule has 4 rings (SSSR count). The Bertz CT molecular complexity index is 1260. The van der Waals surface area contributed by atoms with Gasteiger partial charge in [0.2, 0.25) is 11.0 Å². The van der Waals surface area contributed by atoms with Gasteiger partial charge in [-0.25, -0.2) is 19.0 Å². The standard InChI is InChI=1S/C20H24N8O5S2/c1-11(2)16-17(31)28(18(34)22-16)14-4-3-12(9-21-14)33-20(32)26-7-5-13(6-8-26)35-19-23-24-25-27(19)10-15(29)30/h3-4,9,11,13,31H,5-8,10H2,1-2H3,(H,22,34)(H,29,30). The summed E-state index contributed by atoms with van der Waals surface area (Å²) in [5.41, 5.74) is 0.618. The van der Waals surface area contributed by atoms with E-state index in [1.54, 1.807) is 17.0 Å². The smallest absolute Gasteiger partial charge is 0.415 e. The second kappa shape index (κ2) is 10.4. The van der Waals surface area contributed by atoms with Gasteiger partial charge in [-0.2, -0.15) is 0 Å². The molecule has 1 saturated heterocycles. The Hall–Kier alpha value is -3.46. The zero-order chi connectivity index (χ0) is 25.1. The van der Waals surface area contributed by atoms with Crippen LogP contribution in [0.5, 0.6) is 11.6 Å². The van der Waals surface area contributed by atoms with Gasteiger partial charge in [-0.05, 0) is 53.5 Å². The Balaban J connectivity index is 1.32. The number of carboxylic acids is 1. The van der Waals surface area contributed by atoms with E-state index >= 15 is 0 Å². The molecule has 0 radical (unpaired) electrons. The van der Waals surface area contributed by atoms with Gasteiger partial charge >= 0.3 is 12.1 Å². The number of ether oxygens (including phenoxy) is 1. The van der Waals surface area contributed by atoms with Gasteiger partial charge in [-0.1, -0.05) is 25.6 Å². The van der Waals surface area contributed by atoms with Crippen LogP contribution in [0.25, 0.3) is 5.82 Å². The molecular formula is C20H24N8O5S2. The highest BCUT2D eigenvalue weighted by atomic mass is 32.2. The Kier molecular flexibility index (Phi) is 7.35. The Morgan fingerprint density at radius 3 is 2.66 bits per heavy atom. The number of imidazole rings is 1. The van der Waals surface area contributed by atoms with E-state index in [0.29, 0.717) is 47.4 Å². The number of aromatic hydroxyl groups is 1.